The summed E-state index contributed by atoms with van der Waals surface area (Å²) in [5.41, 5.74) is 7.53. The minimum Gasteiger partial charge on any atom is -0.299 e. The minimum absolute atomic E-state index is 0.167. The maximum Gasteiger partial charge on any atom is 0.263 e. The van der Waals surface area contributed by atoms with Gasteiger partial charge in [-0.2, -0.15) is 0 Å². The quantitative estimate of drug-likeness (QED) is 0.581. The third kappa shape index (κ3) is 4.89. The zero-order chi connectivity index (χ0) is 21.0. The molecule has 3 rings (SSSR count). The molecule has 0 aliphatic carbocycles. The fourth-order valence-electron chi connectivity index (χ4n) is 2.93. The Morgan fingerprint density at radius 1 is 1.24 bits per heavy atom. The van der Waals surface area contributed by atoms with Gasteiger partial charge in [0, 0.05) is 10.6 Å². The number of sulfonamides is 1. The molecule has 1 atom stereocenters. The molecule has 1 amide bonds. The molecule has 9 heteroatoms. The van der Waals surface area contributed by atoms with Crippen molar-refractivity contribution < 1.29 is 13.2 Å². The van der Waals surface area contributed by atoms with Crippen LogP contribution in [0.5, 0.6) is 0 Å². The second-order valence-electron chi connectivity index (χ2n) is 6.82. The number of hydrogen-bond acceptors (Lipinski definition) is 5. The molecule has 0 unspecified atom stereocenters. The van der Waals surface area contributed by atoms with Gasteiger partial charge >= 0.3 is 0 Å². The van der Waals surface area contributed by atoms with E-state index >= 15 is 0 Å². The maximum atomic E-state index is 12.7. The van der Waals surface area contributed by atoms with Crippen molar-refractivity contribution in [1.29, 1.82) is 0 Å². The van der Waals surface area contributed by atoms with Crippen LogP contribution in [0.3, 0.4) is 0 Å². The number of amides is 1. The van der Waals surface area contributed by atoms with Gasteiger partial charge < -0.3 is 0 Å². The highest BCUT2D eigenvalue weighted by atomic mass is 35.5. The normalized spacial score (nSPS) is 16.7. The van der Waals surface area contributed by atoms with Crippen LogP contribution in [0.15, 0.2) is 52.4 Å². The summed E-state index contributed by atoms with van der Waals surface area (Å²) in [4.78, 5) is 17.4. The zero-order valence-corrected chi connectivity index (χ0v) is 17.8. The van der Waals surface area contributed by atoms with Crippen molar-refractivity contribution in [2.45, 2.75) is 44.0 Å². The second kappa shape index (κ2) is 8.84. The lowest BCUT2D eigenvalue weighted by molar-refractivity contribution is -0.121. The Balaban J connectivity index is 1.80. The Labute approximate surface area is 175 Å². The summed E-state index contributed by atoms with van der Waals surface area (Å²) in [6.07, 6.45) is 2.16. The highest BCUT2D eigenvalue weighted by molar-refractivity contribution is 7.90. The highest BCUT2D eigenvalue weighted by Crippen LogP contribution is 2.23. The van der Waals surface area contributed by atoms with Crippen LogP contribution in [-0.4, -0.2) is 26.2 Å². The summed E-state index contributed by atoms with van der Waals surface area (Å²) < 4.78 is 27.0. The van der Waals surface area contributed by atoms with Gasteiger partial charge in [0.1, 0.15) is 11.9 Å². The molecule has 1 aliphatic rings. The van der Waals surface area contributed by atoms with Crippen LogP contribution < -0.4 is 15.6 Å². The lowest BCUT2D eigenvalue weighted by Crippen LogP contribution is -2.38. The summed E-state index contributed by atoms with van der Waals surface area (Å²) in [7, 11) is -3.65. The Hall–Kier alpha value is -2.58. The molecule has 0 saturated carbocycles. The lowest BCUT2D eigenvalue weighted by Gasteiger charge is -2.15. The SMILES string of the molecule is CCCC[C@H](N=C1NS(=O)(=O)c2ccccc21)C(=O)NNc1ccc(C)c(Cl)c1. The number of hydrazine groups is 1. The summed E-state index contributed by atoms with van der Waals surface area (Å²) in [5.74, 6) is -0.165. The number of carbonyl (C=O) groups is 1. The molecule has 2 aromatic carbocycles. The van der Waals surface area contributed by atoms with Gasteiger partial charge in [-0.1, -0.05) is 49.6 Å². The van der Waals surface area contributed by atoms with E-state index in [-0.39, 0.29) is 16.6 Å². The highest BCUT2D eigenvalue weighted by Gasteiger charge is 2.31. The standard InChI is InChI=1S/C20H23ClN4O3S/c1-3-4-8-17(20(26)24-23-14-11-10-13(2)16(21)12-14)22-19-15-7-5-6-9-18(15)29(27,28)25-19/h5-7,9-12,17,23H,3-4,8H2,1-2H3,(H,22,25)(H,24,26)/t17-/m0/s1. The number of aliphatic imine (C=N–C) groups is 1. The van der Waals surface area contributed by atoms with Gasteiger partial charge in [0.2, 0.25) is 0 Å². The van der Waals surface area contributed by atoms with E-state index in [9.17, 15) is 13.2 Å². The van der Waals surface area contributed by atoms with Gasteiger partial charge in [-0.25, -0.2) is 8.42 Å². The average Bonchev–Trinajstić information content (AvgIpc) is 2.96. The number of carbonyl (C=O) groups excluding carboxylic acids is 1. The Bertz CT molecular complexity index is 1050. The fraction of sp³-hybridized carbons (Fsp3) is 0.300. The molecule has 3 N–H and O–H groups in total. The van der Waals surface area contributed by atoms with E-state index in [1.54, 1.807) is 30.3 Å². The monoisotopic (exact) mass is 434 g/mol. The van der Waals surface area contributed by atoms with Gasteiger partial charge in [-0.05, 0) is 43.2 Å². The lowest BCUT2D eigenvalue weighted by atomic mass is 10.1. The van der Waals surface area contributed by atoms with Crippen molar-refractivity contribution in [3.05, 3.63) is 58.6 Å². The first-order chi connectivity index (χ1) is 13.8. The summed E-state index contributed by atoms with van der Waals surface area (Å²) in [5, 5.41) is 0.587. The first kappa shape index (κ1) is 21.1. The maximum absolute atomic E-state index is 12.7. The predicted octanol–water partition coefficient (Wildman–Crippen LogP) is 3.39. The van der Waals surface area contributed by atoms with Gasteiger partial charge in [-0.3, -0.25) is 25.4 Å². The van der Waals surface area contributed by atoms with Gasteiger partial charge in [0.25, 0.3) is 15.9 Å². The molecule has 0 radical (unpaired) electrons. The van der Waals surface area contributed by atoms with Crippen LogP contribution in [0.4, 0.5) is 5.69 Å². The first-order valence-electron chi connectivity index (χ1n) is 9.34. The number of anilines is 1. The van der Waals surface area contributed by atoms with Crippen molar-refractivity contribution in [2.75, 3.05) is 5.43 Å². The Morgan fingerprint density at radius 3 is 2.72 bits per heavy atom. The summed E-state index contributed by atoms with van der Waals surface area (Å²) >= 11 is 6.11. The molecular formula is C20H23ClN4O3S. The number of unbranched alkanes of at least 4 members (excludes halogenated alkanes) is 1. The van der Waals surface area contributed by atoms with E-state index in [1.165, 1.54) is 6.07 Å². The number of fused-ring (bicyclic) bond motifs is 1. The number of benzene rings is 2. The van der Waals surface area contributed by atoms with Crippen molar-refractivity contribution in [3.8, 4) is 0 Å². The Morgan fingerprint density at radius 2 is 2.00 bits per heavy atom. The van der Waals surface area contributed by atoms with Crippen molar-refractivity contribution in [2.24, 2.45) is 4.99 Å². The first-order valence-corrected chi connectivity index (χ1v) is 11.2. The molecule has 0 spiro atoms. The molecule has 1 aliphatic heterocycles. The van der Waals surface area contributed by atoms with Gasteiger partial charge in [0.15, 0.2) is 0 Å². The molecule has 1 heterocycles. The van der Waals surface area contributed by atoms with Crippen LogP contribution >= 0.6 is 11.6 Å². The van der Waals surface area contributed by atoms with Crippen molar-refractivity contribution in [3.63, 3.8) is 0 Å². The van der Waals surface area contributed by atoms with E-state index in [4.69, 9.17) is 11.6 Å². The number of aryl methyl sites for hydroxylation is 1. The molecule has 29 heavy (non-hydrogen) atoms. The number of amidine groups is 1. The number of nitrogens with zero attached hydrogens (tertiary/aromatic N) is 1. The Kier molecular flexibility index (Phi) is 6.44. The average molecular weight is 435 g/mol. The molecule has 0 fully saturated rings. The third-order valence-corrected chi connectivity index (χ3v) is 6.39. The zero-order valence-electron chi connectivity index (χ0n) is 16.2. The summed E-state index contributed by atoms with van der Waals surface area (Å²) in [6.45, 7) is 3.91. The van der Waals surface area contributed by atoms with Gasteiger partial charge in [0.05, 0.1) is 10.6 Å². The molecule has 7 nitrogen and oxygen atoms in total. The number of rotatable bonds is 7. The van der Waals surface area contributed by atoms with Crippen molar-refractivity contribution in [1.82, 2.24) is 10.1 Å². The number of halogens is 1. The number of nitrogens with one attached hydrogen (secondary N) is 3. The van der Waals surface area contributed by atoms with Crippen LogP contribution in [0.1, 0.15) is 37.3 Å². The topological polar surface area (TPSA) is 99.7 Å². The van der Waals surface area contributed by atoms with Crippen LogP contribution in [-0.2, 0) is 14.8 Å². The van der Waals surface area contributed by atoms with E-state index in [2.05, 4.69) is 20.6 Å². The van der Waals surface area contributed by atoms with Crippen LogP contribution in [0.25, 0.3) is 0 Å². The molecule has 0 aromatic heterocycles. The van der Waals surface area contributed by atoms with Crippen molar-refractivity contribution >= 4 is 39.1 Å². The number of hydrogen-bond donors (Lipinski definition) is 3. The van der Waals surface area contributed by atoms with E-state index in [1.807, 2.05) is 19.9 Å². The molecule has 2 aromatic rings. The second-order valence-corrected chi connectivity index (χ2v) is 8.87. The van der Waals surface area contributed by atoms with E-state index in [0.717, 1.165) is 18.4 Å². The van der Waals surface area contributed by atoms with E-state index < -0.39 is 16.1 Å². The predicted molar refractivity (Wildman–Crippen MR) is 115 cm³/mol. The summed E-state index contributed by atoms with van der Waals surface area (Å²) in [6, 6.07) is 11.2. The largest absolute Gasteiger partial charge is 0.299 e. The molecular weight excluding hydrogens is 412 g/mol. The molecule has 154 valence electrons. The molecule has 0 saturated heterocycles. The minimum atomic E-state index is -3.65. The smallest absolute Gasteiger partial charge is 0.263 e. The molecule has 0 bridgehead atoms. The third-order valence-electron chi connectivity index (χ3n) is 4.58. The van der Waals surface area contributed by atoms with Crippen LogP contribution in [0, 0.1) is 6.92 Å². The fourth-order valence-corrected chi connectivity index (χ4v) is 4.34. The van der Waals surface area contributed by atoms with Gasteiger partial charge in [-0.15, -0.1) is 0 Å². The van der Waals surface area contributed by atoms with E-state index in [0.29, 0.717) is 22.7 Å². The van der Waals surface area contributed by atoms with Crippen LogP contribution in [0.2, 0.25) is 5.02 Å².